The first-order chi connectivity index (χ1) is 7.50. The van der Waals surface area contributed by atoms with Crippen LogP contribution in [0.3, 0.4) is 0 Å². The predicted octanol–water partition coefficient (Wildman–Crippen LogP) is 1.87. The van der Waals surface area contributed by atoms with E-state index in [9.17, 15) is 13.2 Å². The summed E-state index contributed by atoms with van der Waals surface area (Å²) in [6.07, 6.45) is -4.58. The van der Waals surface area contributed by atoms with Gasteiger partial charge in [0, 0.05) is 0 Å². The molecule has 4 nitrogen and oxygen atoms in total. The fourth-order valence-corrected chi connectivity index (χ4v) is 1.31. The van der Waals surface area contributed by atoms with Gasteiger partial charge in [-0.1, -0.05) is 23.4 Å². The van der Waals surface area contributed by atoms with Crippen molar-refractivity contribution in [1.29, 1.82) is 0 Å². The van der Waals surface area contributed by atoms with Crippen LogP contribution in [0.5, 0.6) is 0 Å². The zero-order valence-electron chi connectivity index (χ0n) is 7.94. The van der Waals surface area contributed by atoms with Crippen LogP contribution in [-0.4, -0.2) is 15.0 Å². The fraction of sp³-hybridized carbons (Fsp3) is 0.111. The number of anilines is 1. The maximum absolute atomic E-state index is 12.6. The number of benzene rings is 1. The molecule has 0 amide bonds. The minimum atomic E-state index is -4.58. The molecule has 1 heterocycles. The van der Waals surface area contributed by atoms with Crippen molar-refractivity contribution >= 4 is 5.82 Å². The maximum atomic E-state index is 12.6. The minimum absolute atomic E-state index is 0.263. The second-order valence-corrected chi connectivity index (χ2v) is 3.07. The van der Waals surface area contributed by atoms with Gasteiger partial charge in [-0.3, -0.25) is 0 Å². The average Bonchev–Trinajstić information content (AvgIpc) is 2.61. The lowest BCUT2D eigenvalue weighted by Crippen LogP contribution is -2.15. The Morgan fingerprint density at radius 1 is 1.12 bits per heavy atom. The molecule has 0 saturated carbocycles. The lowest BCUT2D eigenvalue weighted by atomic mass is 10.3. The van der Waals surface area contributed by atoms with Crippen molar-refractivity contribution in [2.45, 2.75) is 6.18 Å². The van der Waals surface area contributed by atoms with E-state index in [4.69, 9.17) is 5.73 Å². The van der Waals surface area contributed by atoms with E-state index in [2.05, 4.69) is 10.3 Å². The number of nitrogens with zero attached hydrogens (tertiary/aromatic N) is 3. The van der Waals surface area contributed by atoms with Crippen LogP contribution < -0.4 is 5.73 Å². The van der Waals surface area contributed by atoms with E-state index in [1.54, 1.807) is 18.2 Å². The summed E-state index contributed by atoms with van der Waals surface area (Å²) in [6.45, 7) is 0. The molecule has 7 heteroatoms. The molecule has 0 atom stereocenters. The highest BCUT2D eigenvalue weighted by molar-refractivity contribution is 5.42. The lowest BCUT2D eigenvalue weighted by molar-refractivity contribution is -0.142. The molecule has 0 spiro atoms. The van der Waals surface area contributed by atoms with Gasteiger partial charge in [-0.25, -0.2) is 4.68 Å². The molecule has 16 heavy (non-hydrogen) atoms. The van der Waals surface area contributed by atoms with E-state index in [0.29, 0.717) is 4.68 Å². The number of rotatable bonds is 1. The summed E-state index contributed by atoms with van der Waals surface area (Å²) in [7, 11) is 0. The van der Waals surface area contributed by atoms with Crippen molar-refractivity contribution in [3.63, 3.8) is 0 Å². The molecular weight excluding hydrogens is 221 g/mol. The van der Waals surface area contributed by atoms with Crippen LogP contribution in [0.25, 0.3) is 5.69 Å². The molecule has 0 aliphatic heterocycles. The number of aromatic nitrogens is 3. The van der Waals surface area contributed by atoms with Gasteiger partial charge in [-0.05, 0) is 12.1 Å². The first-order valence-corrected chi connectivity index (χ1v) is 4.34. The van der Waals surface area contributed by atoms with Crippen LogP contribution in [-0.2, 0) is 6.18 Å². The third-order valence-corrected chi connectivity index (χ3v) is 1.97. The molecule has 0 bridgehead atoms. The number of para-hydroxylation sites is 1. The Kier molecular flexibility index (Phi) is 2.30. The van der Waals surface area contributed by atoms with Crippen molar-refractivity contribution in [3.05, 3.63) is 36.0 Å². The summed E-state index contributed by atoms with van der Waals surface area (Å²) >= 11 is 0. The molecule has 2 rings (SSSR count). The van der Waals surface area contributed by atoms with Crippen molar-refractivity contribution < 1.29 is 13.2 Å². The molecule has 0 fully saturated rings. The molecule has 0 aliphatic rings. The van der Waals surface area contributed by atoms with Crippen molar-refractivity contribution in [1.82, 2.24) is 15.0 Å². The Bertz CT molecular complexity index is 489. The van der Waals surface area contributed by atoms with E-state index in [1.807, 2.05) is 0 Å². The maximum Gasteiger partial charge on any atom is 0.437 e. The van der Waals surface area contributed by atoms with Gasteiger partial charge in [0.2, 0.25) is 0 Å². The molecule has 2 aromatic rings. The number of nitrogens with two attached hydrogens (primary N) is 1. The zero-order valence-corrected chi connectivity index (χ0v) is 7.94. The van der Waals surface area contributed by atoms with Crippen LogP contribution in [0.1, 0.15) is 5.69 Å². The molecule has 0 unspecified atom stereocenters. The van der Waals surface area contributed by atoms with E-state index in [-0.39, 0.29) is 5.69 Å². The molecule has 0 radical (unpaired) electrons. The zero-order chi connectivity index (χ0) is 11.8. The van der Waals surface area contributed by atoms with Crippen LogP contribution in [0.2, 0.25) is 0 Å². The highest BCUT2D eigenvalue weighted by Crippen LogP contribution is 2.33. The number of alkyl halides is 3. The number of halogens is 3. The van der Waals surface area contributed by atoms with Gasteiger partial charge in [0.15, 0.2) is 11.5 Å². The van der Waals surface area contributed by atoms with Gasteiger partial charge in [0.25, 0.3) is 0 Å². The average molecular weight is 228 g/mol. The van der Waals surface area contributed by atoms with Crippen LogP contribution in [0.15, 0.2) is 30.3 Å². The van der Waals surface area contributed by atoms with Gasteiger partial charge < -0.3 is 5.73 Å². The number of hydrogen-bond donors (Lipinski definition) is 1. The summed E-state index contributed by atoms with van der Waals surface area (Å²) in [6, 6.07) is 7.88. The SMILES string of the molecule is Nc1nnn(-c2ccccc2)c1C(F)(F)F. The minimum Gasteiger partial charge on any atom is -0.380 e. The molecule has 1 aromatic heterocycles. The Morgan fingerprint density at radius 3 is 2.31 bits per heavy atom. The first-order valence-electron chi connectivity index (χ1n) is 4.34. The van der Waals surface area contributed by atoms with Crippen molar-refractivity contribution in [2.75, 3.05) is 5.73 Å². The van der Waals surface area contributed by atoms with Crippen molar-refractivity contribution in [3.8, 4) is 5.69 Å². The Morgan fingerprint density at radius 2 is 1.75 bits per heavy atom. The quantitative estimate of drug-likeness (QED) is 0.810. The highest BCUT2D eigenvalue weighted by atomic mass is 19.4. The number of nitrogen functional groups attached to an aromatic ring is 1. The van der Waals surface area contributed by atoms with Gasteiger partial charge in [-0.15, -0.1) is 5.10 Å². The van der Waals surface area contributed by atoms with Gasteiger partial charge in [0.05, 0.1) is 5.69 Å². The predicted molar refractivity (Wildman–Crippen MR) is 50.8 cm³/mol. The normalized spacial score (nSPS) is 11.7. The summed E-state index contributed by atoms with van der Waals surface area (Å²) in [5, 5.41) is 6.60. The standard InChI is InChI=1S/C9H7F3N4/c10-9(11,12)7-8(13)14-15-16(7)6-4-2-1-3-5-6/h1-5H,13H2. The Labute approximate surface area is 88.5 Å². The third kappa shape index (κ3) is 1.71. The molecule has 0 saturated heterocycles. The van der Waals surface area contributed by atoms with E-state index >= 15 is 0 Å². The lowest BCUT2D eigenvalue weighted by Gasteiger charge is -2.09. The number of hydrogen-bond acceptors (Lipinski definition) is 3. The van der Waals surface area contributed by atoms with E-state index in [1.165, 1.54) is 12.1 Å². The van der Waals surface area contributed by atoms with E-state index < -0.39 is 17.7 Å². The van der Waals surface area contributed by atoms with Gasteiger partial charge in [-0.2, -0.15) is 13.2 Å². The third-order valence-electron chi connectivity index (χ3n) is 1.97. The molecular formula is C9H7F3N4. The molecule has 0 aliphatic carbocycles. The fourth-order valence-electron chi connectivity index (χ4n) is 1.31. The smallest absolute Gasteiger partial charge is 0.380 e. The Hall–Kier alpha value is -2.05. The second-order valence-electron chi connectivity index (χ2n) is 3.07. The second kappa shape index (κ2) is 3.51. The molecule has 1 aromatic carbocycles. The molecule has 84 valence electrons. The van der Waals surface area contributed by atoms with Gasteiger partial charge >= 0.3 is 6.18 Å². The Balaban J connectivity index is 2.60. The monoisotopic (exact) mass is 228 g/mol. The van der Waals surface area contributed by atoms with E-state index in [0.717, 1.165) is 0 Å². The van der Waals surface area contributed by atoms with Crippen molar-refractivity contribution in [2.24, 2.45) is 0 Å². The summed E-state index contributed by atoms with van der Waals surface area (Å²) < 4.78 is 38.6. The summed E-state index contributed by atoms with van der Waals surface area (Å²) in [4.78, 5) is 0. The summed E-state index contributed by atoms with van der Waals surface area (Å²) in [5.74, 6) is -0.628. The van der Waals surface area contributed by atoms with Crippen LogP contribution in [0.4, 0.5) is 19.0 Å². The van der Waals surface area contributed by atoms with Gasteiger partial charge in [0.1, 0.15) is 0 Å². The molecule has 2 N–H and O–H groups in total. The van der Waals surface area contributed by atoms with Crippen LogP contribution >= 0.6 is 0 Å². The topological polar surface area (TPSA) is 56.7 Å². The summed E-state index contributed by atoms with van der Waals surface area (Å²) in [5.41, 5.74) is 4.36. The van der Waals surface area contributed by atoms with Crippen LogP contribution in [0, 0.1) is 0 Å². The highest BCUT2D eigenvalue weighted by Gasteiger charge is 2.39. The largest absolute Gasteiger partial charge is 0.437 e. The first kappa shape index (κ1) is 10.5.